The SMILES string of the molecule is COC(=O)c1cc(Cn2ccnc2)cc(Cl)n1. The van der Waals surface area contributed by atoms with E-state index in [1.165, 1.54) is 7.11 Å². The summed E-state index contributed by atoms with van der Waals surface area (Å²) in [6.45, 7) is 0.576. The Morgan fingerprint density at radius 1 is 1.53 bits per heavy atom. The van der Waals surface area contributed by atoms with Crippen LogP contribution in [0.15, 0.2) is 30.9 Å². The summed E-state index contributed by atoms with van der Waals surface area (Å²) in [6.07, 6.45) is 5.20. The highest BCUT2D eigenvalue weighted by Crippen LogP contribution is 2.13. The van der Waals surface area contributed by atoms with Gasteiger partial charge in [-0.05, 0) is 17.7 Å². The number of imidazole rings is 1. The Kier molecular flexibility index (Phi) is 3.39. The van der Waals surface area contributed by atoms with Crippen LogP contribution in [0, 0.1) is 0 Å². The molecule has 2 heterocycles. The number of carbonyl (C=O) groups is 1. The molecular formula is C11H10ClN3O2. The van der Waals surface area contributed by atoms with E-state index in [0.717, 1.165) is 5.56 Å². The van der Waals surface area contributed by atoms with Gasteiger partial charge in [0.15, 0.2) is 0 Å². The van der Waals surface area contributed by atoms with Gasteiger partial charge in [0.2, 0.25) is 0 Å². The zero-order valence-corrected chi connectivity index (χ0v) is 9.89. The molecule has 0 N–H and O–H groups in total. The zero-order valence-electron chi connectivity index (χ0n) is 9.13. The molecule has 0 saturated heterocycles. The van der Waals surface area contributed by atoms with Crippen LogP contribution in [0.1, 0.15) is 16.1 Å². The first kappa shape index (κ1) is 11.6. The number of nitrogens with zero attached hydrogens (tertiary/aromatic N) is 3. The number of hydrogen-bond acceptors (Lipinski definition) is 4. The third kappa shape index (κ3) is 2.82. The normalized spacial score (nSPS) is 10.2. The Hall–Kier alpha value is -1.88. The van der Waals surface area contributed by atoms with Crippen molar-refractivity contribution in [3.8, 4) is 0 Å². The first-order chi connectivity index (χ1) is 8.19. The Morgan fingerprint density at radius 3 is 3.00 bits per heavy atom. The molecule has 0 aliphatic heterocycles. The fraction of sp³-hybridized carbons (Fsp3) is 0.182. The highest BCUT2D eigenvalue weighted by atomic mass is 35.5. The summed E-state index contributed by atoms with van der Waals surface area (Å²) in [6, 6.07) is 3.35. The molecule has 0 spiro atoms. The zero-order chi connectivity index (χ0) is 12.3. The maximum Gasteiger partial charge on any atom is 0.356 e. The number of methoxy groups -OCH3 is 1. The van der Waals surface area contributed by atoms with Gasteiger partial charge in [0, 0.05) is 18.9 Å². The topological polar surface area (TPSA) is 57.0 Å². The molecule has 2 aromatic heterocycles. The van der Waals surface area contributed by atoms with E-state index in [4.69, 9.17) is 11.6 Å². The molecule has 0 unspecified atom stereocenters. The van der Waals surface area contributed by atoms with Gasteiger partial charge in [0.05, 0.1) is 13.4 Å². The van der Waals surface area contributed by atoms with Crippen molar-refractivity contribution in [1.82, 2.24) is 14.5 Å². The van der Waals surface area contributed by atoms with Crippen LogP contribution in [0.5, 0.6) is 0 Å². The average Bonchev–Trinajstić information content (AvgIpc) is 2.80. The summed E-state index contributed by atoms with van der Waals surface area (Å²) in [5, 5.41) is 0.267. The van der Waals surface area contributed by atoms with Gasteiger partial charge in [-0.15, -0.1) is 0 Å². The molecule has 0 bridgehead atoms. The average molecular weight is 252 g/mol. The van der Waals surface area contributed by atoms with Gasteiger partial charge in [-0.25, -0.2) is 14.8 Å². The van der Waals surface area contributed by atoms with Gasteiger partial charge in [-0.2, -0.15) is 0 Å². The lowest BCUT2D eigenvalue weighted by Crippen LogP contribution is -2.06. The van der Waals surface area contributed by atoms with Crippen molar-refractivity contribution in [1.29, 1.82) is 0 Å². The van der Waals surface area contributed by atoms with Crippen LogP contribution >= 0.6 is 11.6 Å². The predicted octanol–water partition coefficient (Wildman–Crippen LogP) is 1.77. The van der Waals surface area contributed by atoms with Crippen LogP contribution in [0.3, 0.4) is 0 Å². The lowest BCUT2D eigenvalue weighted by Gasteiger charge is -2.05. The van der Waals surface area contributed by atoms with E-state index in [9.17, 15) is 4.79 Å². The fourth-order valence-electron chi connectivity index (χ4n) is 1.44. The van der Waals surface area contributed by atoms with Crippen molar-refractivity contribution in [2.75, 3.05) is 7.11 Å². The minimum Gasteiger partial charge on any atom is -0.464 e. The highest BCUT2D eigenvalue weighted by molar-refractivity contribution is 6.29. The van der Waals surface area contributed by atoms with Crippen LogP contribution in [0.2, 0.25) is 5.15 Å². The van der Waals surface area contributed by atoms with Crippen LogP contribution in [0.4, 0.5) is 0 Å². The smallest absolute Gasteiger partial charge is 0.356 e. The van der Waals surface area contributed by atoms with Crippen molar-refractivity contribution in [3.63, 3.8) is 0 Å². The quantitative estimate of drug-likeness (QED) is 0.616. The van der Waals surface area contributed by atoms with E-state index >= 15 is 0 Å². The van der Waals surface area contributed by atoms with E-state index in [1.807, 2.05) is 10.8 Å². The van der Waals surface area contributed by atoms with E-state index in [1.54, 1.807) is 24.7 Å². The number of pyridine rings is 1. The predicted molar refractivity (Wildman–Crippen MR) is 61.9 cm³/mol. The molecule has 0 saturated carbocycles. The Balaban J connectivity index is 2.28. The standard InChI is InChI=1S/C11H10ClN3O2/c1-17-11(16)9-4-8(5-10(12)14-9)6-15-3-2-13-7-15/h2-5,7H,6H2,1H3. The minimum absolute atomic E-state index is 0.204. The van der Waals surface area contributed by atoms with Gasteiger partial charge in [0.1, 0.15) is 10.8 Å². The van der Waals surface area contributed by atoms with E-state index < -0.39 is 5.97 Å². The Bertz CT molecular complexity index is 526. The third-order valence-electron chi connectivity index (χ3n) is 2.17. The lowest BCUT2D eigenvalue weighted by molar-refractivity contribution is 0.0594. The van der Waals surface area contributed by atoms with Crippen LogP contribution in [0.25, 0.3) is 0 Å². The first-order valence-corrected chi connectivity index (χ1v) is 5.27. The summed E-state index contributed by atoms with van der Waals surface area (Å²) >= 11 is 5.85. The number of halogens is 1. The number of hydrogen-bond donors (Lipinski definition) is 0. The summed E-state index contributed by atoms with van der Waals surface area (Å²) in [4.78, 5) is 19.2. The molecule has 6 heteroatoms. The largest absolute Gasteiger partial charge is 0.464 e. The van der Waals surface area contributed by atoms with Crippen LogP contribution in [-0.4, -0.2) is 27.6 Å². The number of aromatic nitrogens is 3. The molecule has 17 heavy (non-hydrogen) atoms. The molecule has 5 nitrogen and oxygen atoms in total. The third-order valence-corrected chi connectivity index (χ3v) is 2.37. The maximum absolute atomic E-state index is 11.4. The fourth-order valence-corrected chi connectivity index (χ4v) is 1.67. The second kappa shape index (κ2) is 4.97. The van der Waals surface area contributed by atoms with Gasteiger partial charge in [0.25, 0.3) is 0 Å². The molecule has 0 atom stereocenters. The molecule has 0 aliphatic rings. The van der Waals surface area contributed by atoms with E-state index in [-0.39, 0.29) is 10.8 Å². The molecule has 0 amide bonds. The number of ether oxygens (including phenoxy) is 1. The van der Waals surface area contributed by atoms with Crippen LogP contribution in [-0.2, 0) is 11.3 Å². The highest BCUT2D eigenvalue weighted by Gasteiger charge is 2.10. The summed E-state index contributed by atoms with van der Waals surface area (Å²) in [5.41, 5.74) is 1.07. The number of carbonyl (C=O) groups excluding carboxylic acids is 1. The van der Waals surface area contributed by atoms with Gasteiger partial charge < -0.3 is 9.30 Å². The first-order valence-electron chi connectivity index (χ1n) is 4.89. The molecule has 88 valence electrons. The molecule has 2 rings (SSSR count). The van der Waals surface area contributed by atoms with Crippen molar-refractivity contribution in [2.45, 2.75) is 6.54 Å². The summed E-state index contributed by atoms with van der Waals surface area (Å²) in [7, 11) is 1.31. The summed E-state index contributed by atoms with van der Waals surface area (Å²) < 4.78 is 6.47. The number of esters is 1. The van der Waals surface area contributed by atoms with E-state index in [2.05, 4.69) is 14.7 Å². The minimum atomic E-state index is -0.501. The molecule has 0 radical (unpaired) electrons. The van der Waals surface area contributed by atoms with Gasteiger partial charge in [-0.3, -0.25) is 0 Å². The molecule has 2 aromatic rings. The molecule has 0 fully saturated rings. The lowest BCUT2D eigenvalue weighted by atomic mass is 10.2. The van der Waals surface area contributed by atoms with Crippen molar-refractivity contribution >= 4 is 17.6 Å². The Labute approximate surface area is 103 Å². The van der Waals surface area contributed by atoms with Crippen molar-refractivity contribution < 1.29 is 9.53 Å². The van der Waals surface area contributed by atoms with Gasteiger partial charge >= 0.3 is 5.97 Å². The Morgan fingerprint density at radius 2 is 2.35 bits per heavy atom. The second-order valence-electron chi connectivity index (χ2n) is 3.41. The van der Waals surface area contributed by atoms with Crippen molar-refractivity contribution in [2.24, 2.45) is 0 Å². The maximum atomic E-state index is 11.4. The number of rotatable bonds is 3. The monoisotopic (exact) mass is 251 g/mol. The molecular weight excluding hydrogens is 242 g/mol. The molecule has 0 aromatic carbocycles. The van der Waals surface area contributed by atoms with Crippen molar-refractivity contribution in [3.05, 3.63) is 47.3 Å². The van der Waals surface area contributed by atoms with Gasteiger partial charge in [-0.1, -0.05) is 11.6 Å². The van der Waals surface area contributed by atoms with E-state index in [0.29, 0.717) is 6.54 Å². The second-order valence-corrected chi connectivity index (χ2v) is 3.80. The molecule has 0 aliphatic carbocycles. The van der Waals surface area contributed by atoms with Crippen LogP contribution < -0.4 is 0 Å². The summed E-state index contributed by atoms with van der Waals surface area (Å²) in [5.74, 6) is -0.501.